The highest BCUT2D eigenvalue weighted by Gasteiger charge is 2.50. The van der Waals surface area contributed by atoms with E-state index in [4.69, 9.17) is 4.74 Å². The summed E-state index contributed by atoms with van der Waals surface area (Å²) >= 11 is 0. The first-order valence-electron chi connectivity index (χ1n) is 8.98. The molecule has 2 unspecified atom stereocenters. The Balaban J connectivity index is 1.63. The van der Waals surface area contributed by atoms with Gasteiger partial charge < -0.3 is 9.84 Å². The van der Waals surface area contributed by atoms with E-state index in [-0.39, 0.29) is 30.5 Å². The fourth-order valence-corrected chi connectivity index (χ4v) is 4.33. The van der Waals surface area contributed by atoms with E-state index < -0.39 is 17.3 Å². The fourth-order valence-electron chi connectivity index (χ4n) is 4.33. The molecule has 2 atom stereocenters. The van der Waals surface area contributed by atoms with Crippen molar-refractivity contribution in [3.63, 3.8) is 0 Å². The Hall–Kier alpha value is -1.96. The molecule has 1 aromatic heterocycles. The van der Waals surface area contributed by atoms with Crippen LogP contribution in [0.1, 0.15) is 29.5 Å². The summed E-state index contributed by atoms with van der Waals surface area (Å²) in [4.78, 5) is 6.10. The molecule has 2 aliphatic rings. The van der Waals surface area contributed by atoms with Crippen molar-refractivity contribution in [2.75, 3.05) is 13.2 Å². The maximum absolute atomic E-state index is 13.5. The van der Waals surface area contributed by atoms with Crippen molar-refractivity contribution in [3.05, 3.63) is 65.5 Å². The number of hydrogen-bond donors (Lipinski definition) is 1. The van der Waals surface area contributed by atoms with Crippen molar-refractivity contribution in [2.45, 2.75) is 43.2 Å². The molecule has 4 nitrogen and oxygen atoms in total. The third-order valence-electron chi connectivity index (χ3n) is 5.54. The SMILES string of the molecule is OC1(c2cnccc2C(F)(F)F)CC2COCC(C1)N2Cc1ccccc1. The third kappa shape index (κ3) is 3.59. The Bertz CT molecular complexity index is 783. The predicted molar refractivity (Wildman–Crippen MR) is 92.7 cm³/mol. The topological polar surface area (TPSA) is 45.6 Å². The highest BCUT2D eigenvalue weighted by molar-refractivity contribution is 5.33. The third-order valence-corrected chi connectivity index (χ3v) is 5.54. The minimum atomic E-state index is -4.53. The first-order valence-corrected chi connectivity index (χ1v) is 8.98. The van der Waals surface area contributed by atoms with Crippen LogP contribution in [0, 0.1) is 0 Å². The number of alkyl halides is 3. The van der Waals surface area contributed by atoms with Crippen LogP contribution in [0.2, 0.25) is 0 Å². The van der Waals surface area contributed by atoms with Gasteiger partial charge in [0.15, 0.2) is 0 Å². The largest absolute Gasteiger partial charge is 0.416 e. The van der Waals surface area contributed by atoms with E-state index in [2.05, 4.69) is 9.88 Å². The minimum Gasteiger partial charge on any atom is -0.385 e. The van der Waals surface area contributed by atoms with Gasteiger partial charge >= 0.3 is 6.18 Å². The van der Waals surface area contributed by atoms with Crippen molar-refractivity contribution in [1.29, 1.82) is 0 Å². The summed E-state index contributed by atoms with van der Waals surface area (Å²) in [6, 6.07) is 10.6. The highest BCUT2D eigenvalue weighted by Crippen LogP contribution is 2.45. The van der Waals surface area contributed by atoms with E-state index in [9.17, 15) is 18.3 Å². The normalized spacial score (nSPS) is 28.9. The van der Waals surface area contributed by atoms with Crippen LogP contribution in [0.5, 0.6) is 0 Å². The Morgan fingerprint density at radius 1 is 1.11 bits per heavy atom. The second kappa shape index (κ2) is 6.89. The minimum absolute atomic E-state index is 0.131. The van der Waals surface area contributed by atoms with Crippen molar-refractivity contribution in [1.82, 2.24) is 9.88 Å². The first-order chi connectivity index (χ1) is 12.9. The van der Waals surface area contributed by atoms with Gasteiger partial charge in [0, 0.05) is 36.6 Å². The number of aliphatic hydroxyl groups is 1. The molecule has 27 heavy (non-hydrogen) atoms. The molecule has 0 amide bonds. The van der Waals surface area contributed by atoms with E-state index >= 15 is 0 Å². The number of morpholine rings is 1. The summed E-state index contributed by atoms with van der Waals surface area (Å²) in [7, 11) is 0. The number of hydrogen-bond acceptors (Lipinski definition) is 4. The summed E-state index contributed by atoms with van der Waals surface area (Å²) in [6.07, 6.45) is -1.88. The van der Waals surface area contributed by atoms with Gasteiger partial charge in [0.1, 0.15) is 0 Å². The Morgan fingerprint density at radius 3 is 2.41 bits per heavy atom. The average molecular weight is 378 g/mol. The summed E-state index contributed by atoms with van der Waals surface area (Å²) < 4.78 is 46.0. The fraction of sp³-hybridized carbons (Fsp3) is 0.450. The highest BCUT2D eigenvalue weighted by atomic mass is 19.4. The molecular formula is C20H21F3N2O2. The van der Waals surface area contributed by atoms with Gasteiger partial charge in [-0.2, -0.15) is 13.2 Å². The molecule has 2 saturated heterocycles. The lowest BCUT2D eigenvalue weighted by Gasteiger charge is -2.52. The van der Waals surface area contributed by atoms with E-state index in [1.165, 1.54) is 0 Å². The number of rotatable bonds is 3. The van der Waals surface area contributed by atoms with E-state index in [0.717, 1.165) is 24.0 Å². The van der Waals surface area contributed by atoms with Gasteiger partial charge in [-0.15, -0.1) is 0 Å². The maximum atomic E-state index is 13.5. The quantitative estimate of drug-likeness (QED) is 0.890. The van der Waals surface area contributed by atoms with Gasteiger partial charge in [-0.05, 0) is 24.5 Å². The lowest BCUT2D eigenvalue weighted by Crippen LogP contribution is -2.60. The molecule has 0 saturated carbocycles. The van der Waals surface area contributed by atoms with Gasteiger partial charge in [0.05, 0.1) is 24.4 Å². The van der Waals surface area contributed by atoms with Gasteiger partial charge in [0.25, 0.3) is 0 Å². The number of halogens is 3. The Morgan fingerprint density at radius 2 is 1.78 bits per heavy atom. The summed E-state index contributed by atoms with van der Waals surface area (Å²) in [5, 5.41) is 11.3. The van der Waals surface area contributed by atoms with Crippen molar-refractivity contribution >= 4 is 0 Å². The van der Waals surface area contributed by atoms with Gasteiger partial charge in [0.2, 0.25) is 0 Å². The summed E-state index contributed by atoms with van der Waals surface area (Å²) in [5.74, 6) is 0. The molecule has 1 aromatic carbocycles. The van der Waals surface area contributed by atoms with E-state index in [0.29, 0.717) is 19.8 Å². The molecule has 7 heteroatoms. The summed E-state index contributed by atoms with van der Waals surface area (Å²) in [5.41, 5.74) is -1.37. The molecule has 0 radical (unpaired) electrons. The molecule has 2 bridgehead atoms. The molecule has 2 aromatic rings. The van der Waals surface area contributed by atoms with Gasteiger partial charge in [-0.1, -0.05) is 30.3 Å². The van der Waals surface area contributed by atoms with Crippen LogP contribution in [-0.4, -0.2) is 40.3 Å². The average Bonchev–Trinajstić information content (AvgIpc) is 2.63. The van der Waals surface area contributed by atoms with Crippen LogP contribution < -0.4 is 0 Å². The Kier molecular flexibility index (Phi) is 4.70. The molecule has 4 rings (SSSR count). The molecule has 2 fully saturated rings. The molecule has 1 N–H and O–H groups in total. The van der Waals surface area contributed by atoms with Crippen LogP contribution in [-0.2, 0) is 23.1 Å². The van der Waals surface area contributed by atoms with Crippen LogP contribution in [0.4, 0.5) is 13.2 Å². The van der Waals surface area contributed by atoms with E-state index in [1.807, 2.05) is 30.3 Å². The predicted octanol–water partition coefficient (Wildman–Crippen LogP) is 3.35. The van der Waals surface area contributed by atoms with E-state index in [1.54, 1.807) is 0 Å². The number of ether oxygens (including phenoxy) is 1. The number of benzene rings is 1. The zero-order chi connectivity index (χ0) is 19.1. The van der Waals surface area contributed by atoms with Gasteiger partial charge in [-0.3, -0.25) is 9.88 Å². The lowest BCUT2D eigenvalue weighted by atomic mass is 9.75. The number of nitrogens with zero attached hydrogens (tertiary/aromatic N) is 2. The van der Waals surface area contributed by atoms with Crippen LogP contribution in [0.25, 0.3) is 0 Å². The molecule has 3 heterocycles. The van der Waals surface area contributed by atoms with Crippen LogP contribution in [0.3, 0.4) is 0 Å². The molecular weight excluding hydrogens is 357 g/mol. The smallest absolute Gasteiger partial charge is 0.385 e. The van der Waals surface area contributed by atoms with Crippen LogP contribution >= 0.6 is 0 Å². The summed E-state index contributed by atoms with van der Waals surface area (Å²) in [6.45, 7) is 1.48. The molecule has 2 aliphatic heterocycles. The first kappa shape index (κ1) is 18.4. The number of pyridine rings is 1. The zero-order valence-corrected chi connectivity index (χ0v) is 14.7. The monoisotopic (exact) mass is 378 g/mol. The maximum Gasteiger partial charge on any atom is 0.416 e. The molecule has 0 aliphatic carbocycles. The Labute approximate surface area is 155 Å². The number of piperidine rings is 1. The van der Waals surface area contributed by atoms with Crippen LogP contribution in [0.15, 0.2) is 48.8 Å². The molecule has 0 spiro atoms. The van der Waals surface area contributed by atoms with Crippen molar-refractivity contribution < 1.29 is 23.0 Å². The van der Waals surface area contributed by atoms with Gasteiger partial charge in [-0.25, -0.2) is 0 Å². The standard InChI is InChI=1S/C20H21F3N2O2/c21-20(22,23)17-6-7-24-10-18(17)19(26)8-15-12-27-13-16(9-19)25(15)11-14-4-2-1-3-5-14/h1-7,10,15-16,26H,8-9,11-13H2. The number of aromatic nitrogens is 1. The second-order valence-corrected chi connectivity index (χ2v) is 7.36. The zero-order valence-electron chi connectivity index (χ0n) is 14.7. The lowest BCUT2D eigenvalue weighted by molar-refractivity contribution is -0.160. The molecule has 144 valence electrons. The second-order valence-electron chi connectivity index (χ2n) is 7.36. The van der Waals surface area contributed by atoms with Crippen molar-refractivity contribution in [2.24, 2.45) is 0 Å². The number of fused-ring (bicyclic) bond motifs is 2. The van der Waals surface area contributed by atoms with Crippen molar-refractivity contribution in [3.8, 4) is 0 Å².